The van der Waals surface area contributed by atoms with Crippen molar-refractivity contribution in [1.29, 1.82) is 0 Å². The number of carbonyl (C=O) groups is 3. The van der Waals surface area contributed by atoms with Gasteiger partial charge in [0.25, 0.3) is 5.79 Å². The summed E-state index contributed by atoms with van der Waals surface area (Å²) in [4.78, 5) is 36.3. The SMILES string of the molecule is CC(=O)N[C@H]1[C@H]([C@H](O)[C@H](O)CO)O[C@@](O[C@H]2[C@@H](O)[C@@H](CO)O[C@@H](O[C@@H]([C@@H](O)[C@H](O)COS(=O)(=O)O)[C@H](CO)NC(C)=O)[C@@H]2O)(C(=O)O)C[C@@H]1O. The first-order valence-corrected chi connectivity index (χ1v) is 16.1. The molecule has 0 spiro atoms. The number of carbonyl (C=O) groups excluding carboxylic acids is 2. The van der Waals surface area contributed by atoms with Crippen LogP contribution >= 0.6 is 0 Å². The number of hydrogen-bond donors (Lipinski definition) is 14. The number of amides is 2. The highest BCUT2D eigenvalue weighted by Crippen LogP contribution is 2.38. The van der Waals surface area contributed by atoms with E-state index in [-0.39, 0.29) is 0 Å². The molecule has 2 fully saturated rings. The number of carboxylic acids is 1. The minimum atomic E-state index is -5.15. The molecule has 2 amide bonds. The fourth-order valence-corrected chi connectivity index (χ4v) is 5.62. The average molecular weight is 757 g/mol. The van der Waals surface area contributed by atoms with Gasteiger partial charge in [-0.15, -0.1) is 0 Å². The van der Waals surface area contributed by atoms with Gasteiger partial charge in [0.2, 0.25) is 11.8 Å². The molecule has 0 aromatic rings. The molecule has 2 heterocycles. The molecular weight excluding hydrogens is 712 g/mol. The van der Waals surface area contributed by atoms with Crippen LogP contribution in [-0.2, 0) is 47.9 Å². The van der Waals surface area contributed by atoms with E-state index < -0.39 is 152 Å². The second kappa shape index (κ2) is 18.5. The van der Waals surface area contributed by atoms with Crippen LogP contribution in [0.2, 0.25) is 0 Å². The van der Waals surface area contributed by atoms with Crippen LogP contribution in [0.3, 0.4) is 0 Å². The summed E-state index contributed by atoms with van der Waals surface area (Å²) in [6, 6.07) is -3.31. The van der Waals surface area contributed by atoms with Crippen LogP contribution in [0, 0.1) is 0 Å². The molecule has 0 saturated carbocycles. The van der Waals surface area contributed by atoms with Crippen molar-refractivity contribution in [3.8, 4) is 0 Å². The number of rotatable bonds is 18. The predicted molar refractivity (Wildman–Crippen MR) is 154 cm³/mol. The lowest BCUT2D eigenvalue weighted by Gasteiger charge is -2.50. The standard InChI is InChI=1S/C25H44N2O22S/c1-8(31)26-10(4-28)20(17(37)13(35)7-45-50(42,43)44)47-23-19(39)22(18(38)14(6-30)46-23)49-25(24(40)41)3-11(33)15(27-9(2)32)21(48-25)16(36)12(34)5-29/h10-23,28-30,33-39H,3-7H2,1-2H3,(H,26,31)(H,27,32)(H,40,41)(H,42,43,44)/t10-,11-,12+,13+,14+,15+,16+,17-,18-,19+,20+,21+,22-,23-,25-/m0/s1. The van der Waals surface area contributed by atoms with Crippen LogP contribution in [0.1, 0.15) is 20.3 Å². The molecule has 0 bridgehead atoms. The van der Waals surface area contributed by atoms with Crippen molar-refractivity contribution in [2.45, 2.75) is 112 Å². The number of nitrogens with one attached hydrogen (secondary N) is 2. The van der Waals surface area contributed by atoms with Gasteiger partial charge in [-0.05, 0) is 0 Å². The van der Waals surface area contributed by atoms with E-state index >= 15 is 0 Å². The zero-order valence-corrected chi connectivity index (χ0v) is 27.3. The molecule has 25 heteroatoms. The van der Waals surface area contributed by atoms with Gasteiger partial charge < -0.3 is 85.8 Å². The first-order valence-electron chi connectivity index (χ1n) is 14.8. The van der Waals surface area contributed by atoms with Gasteiger partial charge in [0.15, 0.2) is 6.29 Å². The summed E-state index contributed by atoms with van der Waals surface area (Å²) in [7, 11) is -5.15. The van der Waals surface area contributed by atoms with Crippen LogP contribution in [0.25, 0.3) is 0 Å². The number of ether oxygens (including phenoxy) is 4. The molecule has 0 unspecified atom stereocenters. The predicted octanol–water partition coefficient (Wildman–Crippen LogP) is -8.62. The third-order valence-electron chi connectivity index (χ3n) is 7.73. The molecule has 50 heavy (non-hydrogen) atoms. The topological polar surface area (TPSA) is 398 Å². The highest BCUT2D eigenvalue weighted by molar-refractivity contribution is 7.80. The van der Waals surface area contributed by atoms with Gasteiger partial charge in [-0.2, -0.15) is 8.42 Å². The lowest BCUT2D eigenvalue weighted by atomic mass is 9.88. The van der Waals surface area contributed by atoms with Crippen molar-refractivity contribution < 1.29 is 107 Å². The fraction of sp³-hybridized carbons (Fsp3) is 0.880. The van der Waals surface area contributed by atoms with E-state index in [1.807, 2.05) is 0 Å². The number of hydrogen-bond acceptors (Lipinski definition) is 20. The Morgan fingerprint density at radius 2 is 1.58 bits per heavy atom. The van der Waals surface area contributed by atoms with Crippen LogP contribution in [0.5, 0.6) is 0 Å². The quantitative estimate of drug-likeness (QED) is 0.0577. The Bertz CT molecular complexity index is 1240. The maximum Gasteiger partial charge on any atom is 0.397 e. The molecule has 14 N–H and O–H groups in total. The van der Waals surface area contributed by atoms with Crippen LogP contribution < -0.4 is 10.6 Å². The fourth-order valence-electron chi connectivity index (χ4n) is 5.31. The van der Waals surface area contributed by atoms with Gasteiger partial charge in [0, 0.05) is 20.3 Å². The third-order valence-corrected chi connectivity index (χ3v) is 8.16. The van der Waals surface area contributed by atoms with E-state index in [4.69, 9.17) is 23.5 Å². The Balaban J connectivity index is 2.54. The first kappa shape index (κ1) is 43.9. The maximum absolute atomic E-state index is 12.7. The van der Waals surface area contributed by atoms with Crippen molar-refractivity contribution in [1.82, 2.24) is 10.6 Å². The number of aliphatic hydroxyl groups is 10. The second-order valence-corrected chi connectivity index (χ2v) is 12.6. The van der Waals surface area contributed by atoms with E-state index in [0.29, 0.717) is 0 Å². The Labute approximate surface area is 283 Å². The summed E-state index contributed by atoms with van der Waals surface area (Å²) < 4.78 is 56.7. The van der Waals surface area contributed by atoms with E-state index in [9.17, 15) is 79.0 Å². The summed E-state index contributed by atoms with van der Waals surface area (Å²) in [6.45, 7) is -2.61. The van der Waals surface area contributed by atoms with Gasteiger partial charge in [-0.25, -0.2) is 8.98 Å². The summed E-state index contributed by atoms with van der Waals surface area (Å²) in [5.74, 6) is -6.85. The molecule has 24 nitrogen and oxygen atoms in total. The average Bonchev–Trinajstić information content (AvgIpc) is 3.03. The molecule has 0 aliphatic carbocycles. The molecule has 2 aliphatic rings. The third kappa shape index (κ3) is 11.1. The lowest BCUT2D eigenvalue weighted by Crippen LogP contribution is -2.70. The Morgan fingerprint density at radius 3 is 2.06 bits per heavy atom. The lowest BCUT2D eigenvalue weighted by molar-refractivity contribution is -0.375. The van der Waals surface area contributed by atoms with Crippen molar-refractivity contribution in [3.63, 3.8) is 0 Å². The molecular formula is C25H44N2O22S. The van der Waals surface area contributed by atoms with Crippen LogP contribution in [-0.4, -0.2) is 205 Å². The molecule has 292 valence electrons. The van der Waals surface area contributed by atoms with Crippen molar-refractivity contribution in [3.05, 3.63) is 0 Å². The highest BCUT2D eigenvalue weighted by atomic mass is 32.3. The van der Waals surface area contributed by atoms with E-state index in [2.05, 4.69) is 14.8 Å². The van der Waals surface area contributed by atoms with Gasteiger partial charge >= 0.3 is 16.4 Å². The molecule has 15 atom stereocenters. The number of carboxylic acid groups (broad SMARTS) is 1. The molecule has 0 aromatic heterocycles. The van der Waals surface area contributed by atoms with E-state index in [1.54, 1.807) is 0 Å². The molecule has 2 aliphatic heterocycles. The second-order valence-electron chi connectivity index (χ2n) is 11.5. The zero-order valence-electron chi connectivity index (χ0n) is 26.5. The Hall–Kier alpha value is -2.28. The highest BCUT2D eigenvalue weighted by Gasteiger charge is 2.59. The van der Waals surface area contributed by atoms with Crippen molar-refractivity contribution in [2.75, 3.05) is 26.4 Å². The van der Waals surface area contributed by atoms with Gasteiger partial charge in [-0.1, -0.05) is 0 Å². The van der Waals surface area contributed by atoms with Gasteiger partial charge in [-0.3, -0.25) is 14.1 Å². The van der Waals surface area contributed by atoms with Crippen molar-refractivity contribution in [2.24, 2.45) is 0 Å². The molecule has 2 rings (SSSR count). The largest absolute Gasteiger partial charge is 0.477 e. The molecule has 0 radical (unpaired) electrons. The molecule has 0 aromatic carbocycles. The van der Waals surface area contributed by atoms with Gasteiger partial charge in [0.05, 0.1) is 44.6 Å². The normalized spacial score (nSPS) is 34.1. The van der Waals surface area contributed by atoms with Crippen molar-refractivity contribution >= 4 is 28.2 Å². The Morgan fingerprint density at radius 1 is 0.960 bits per heavy atom. The van der Waals surface area contributed by atoms with Crippen LogP contribution in [0.15, 0.2) is 0 Å². The van der Waals surface area contributed by atoms with Gasteiger partial charge in [0.1, 0.15) is 61.0 Å². The number of aliphatic carboxylic acids is 1. The minimum Gasteiger partial charge on any atom is -0.477 e. The summed E-state index contributed by atoms with van der Waals surface area (Å²) in [5.41, 5.74) is 0. The smallest absolute Gasteiger partial charge is 0.397 e. The summed E-state index contributed by atoms with van der Waals surface area (Å²) >= 11 is 0. The summed E-state index contributed by atoms with van der Waals surface area (Å²) in [6.07, 6.45) is -26.8. The van der Waals surface area contributed by atoms with Crippen LogP contribution in [0.4, 0.5) is 0 Å². The first-order chi connectivity index (χ1) is 23.1. The summed E-state index contributed by atoms with van der Waals surface area (Å²) in [5, 5.41) is 119. The maximum atomic E-state index is 12.7. The monoisotopic (exact) mass is 756 g/mol. The number of aliphatic hydroxyl groups excluding tert-OH is 10. The van der Waals surface area contributed by atoms with E-state index in [0.717, 1.165) is 13.8 Å². The molecule has 2 saturated heterocycles. The minimum absolute atomic E-state index is 0.801. The zero-order chi connectivity index (χ0) is 38.3. The Kier molecular flexibility index (Phi) is 16.2. The van der Waals surface area contributed by atoms with E-state index in [1.165, 1.54) is 0 Å².